The number of anilines is 1. The molecule has 2 rings (SSSR count). The fraction of sp³-hybridized carbons (Fsp3) is 0.176. The summed E-state index contributed by atoms with van der Waals surface area (Å²) in [4.78, 5) is 26.0. The molecule has 0 fully saturated rings. The van der Waals surface area contributed by atoms with E-state index >= 15 is 0 Å². The second-order valence-electron chi connectivity index (χ2n) is 5.12. The minimum Gasteiger partial charge on any atom is -0.491 e. The Bertz CT molecular complexity index is 781. The zero-order chi connectivity index (χ0) is 16.8. The lowest BCUT2D eigenvalue weighted by atomic mass is 10.2. The smallest absolute Gasteiger partial charge is 0.271 e. The zero-order valence-electron chi connectivity index (χ0n) is 12.8. The number of nitrogens with one attached hydrogen (secondary N) is 2. The highest BCUT2D eigenvalue weighted by Gasteiger charge is 2.04. The minimum absolute atomic E-state index is 0.0841. The van der Waals surface area contributed by atoms with Crippen molar-refractivity contribution in [3.05, 3.63) is 63.0 Å². The number of rotatable bonds is 5. The Labute approximate surface area is 142 Å². The topological polar surface area (TPSA) is 71.2 Å². The highest BCUT2D eigenvalue weighted by atomic mass is 79.9. The number of aromatic nitrogens is 1. The average Bonchev–Trinajstić information content (AvgIpc) is 2.49. The quantitative estimate of drug-likeness (QED) is 0.783. The first-order valence-electron chi connectivity index (χ1n) is 7.08. The Morgan fingerprint density at radius 1 is 1.35 bits per heavy atom. The largest absolute Gasteiger partial charge is 0.491 e. The number of aromatic amines is 1. The molecule has 120 valence electrons. The number of ether oxygens (including phenoxy) is 1. The summed E-state index contributed by atoms with van der Waals surface area (Å²) in [6, 6.07) is 8.97. The van der Waals surface area contributed by atoms with E-state index in [0.29, 0.717) is 4.47 Å². The van der Waals surface area contributed by atoms with Gasteiger partial charge in [-0.2, -0.15) is 0 Å². The molecule has 0 bridgehead atoms. The van der Waals surface area contributed by atoms with Crippen LogP contribution in [0.15, 0.2) is 51.9 Å². The molecular weight excluding hydrogens is 360 g/mol. The van der Waals surface area contributed by atoms with E-state index < -0.39 is 0 Å². The van der Waals surface area contributed by atoms with Gasteiger partial charge in [-0.3, -0.25) is 9.59 Å². The molecule has 0 atom stereocenters. The van der Waals surface area contributed by atoms with Gasteiger partial charge in [-0.1, -0.05) is 12.1 Å². The second-order valence-corrected chi connectivity index (χ2v) is 6.04. The Balaban J connectivity index is 2.06. The summed E-state index contributed by atoms with van der Waals surface area (Å²) < 4.78 is 6.28. The van der Waals surface area contributed by atoms with Gasteiger partial charge < -0.3 is 15.0 Å². The molecule has 0 unspecified atom stereocenters. The first kappa shape index (κ1) is 17.0. The van der Waals surface area contributed by atoms with E-state index in [4.69, 9.17) is 4.74 Å². The van der Waals surface area contributed by atoms with Gasteiger partial charge >= 0.3 is 0 Å². The van der Waals surface area contributed by atoms with Gasteiger partial charge in [0.05, 0.1) is 6.10 Å². The van der Waals surface area contributed by atoms with Crippen LogP contribution in [0.3, 0.4) is 0 Å². The molecule has 1 heterocycles. The number of amides is 1. The molecule has 1 amide bonds. The fourth-order valence-electron chi connectivity index (χ4n) is 1.86. The van der Waals surface area contributed by atoms with Crippen molar-refractivity contribution in [1.29, 1.82) is 0 Å². The highest BCUT2D eigenvalue weighted by Crippen LogP contribution is 2.16. The van der Waals surface area contributed by atoms with Crippen LogP contribution in [0, 0.1) is 0 Å². The van der Waals surface area contributed by atoms with Crippen LogP contribution in [0.5, 0.6) is 5.75 Å². The minimum atomic E-state index is -0.385. The van der Waals surface area contributed by atoms with Crippen molar-refractivity contribution in [2.24, 2.45) is 0 Å². The molecule has 2 aromatic rings. The first-order valence-corrected chi connectivity index (χ1v) is 7.87. The van der Waals surface area contributed by atoms with Crippen molar-refractivity contribution in [3.8, 4) is 5.75 Å². The van der Waals surface area contributed by atoms with Crippen LogP contribution in [-0.2, 0) is 4.79 Å². The third kappa shape index (κ3) is 5.41. The number of halogens is 1. The van der Waals surface area contributed by atoms with Crippen LogP contribution in [-0.4, -0.2) is 17.0 Å². The summed E-state index contributed by atoms with van der Waals surface area (Å²) >= 11 is 3.24. The number of hydrogen-bond donors (Lipinski definition) is 2. The second kappa shape index (κ2) is 7.78. The lowest BCUT2D eigenvalue weighted by Crippen LogP contribution is -2.17. The van der Waals surface area contributed by atoms with Crippen LogP contribution < -0.4 is 15.6 Å². The number of hydrogen-bond acceptors (Lipinski definition) is 3. The van der Waals surface area contributed by atoms with Gasteiger partial charge in [-0.15, -0.1) is 0 Å². The Hall–Kier alpha value is -2.34. The van der Waals surface area contributed by atoms with Gasteiger partial charge in [0.1, 0.15) is 11.4 Å². The van der Waals surface area contributed by atoms with Crippen molar-refractivity contribution < 1.29 is 9.53 Å². The summed E-state index contributed by atoms with van der Waals surface area (Å²) in [5.74, 6) is 0.356. The third-order valence-electron chi connectivity index (χ3n) is 2.78. The predicted octanol–water partition coefficient (Wildman–Crippen LogP) is 3.58. The molecule has 1 aromatic carbocycles. The van der Waals surface area contributed by atoms with Crippen molar-refractivity contribution in [1.82, 2.24) is 4.98 Å². The van der Waals surface area contributed by atoms with E-state index in [-0.39, 0.29) is 23.3 Å². The Kier molecular flexibility index (Phi) is 5.76. The molecule has 0 spiro atoms. The number of pyridine rings is 1. The van der Waals surface area contributed by atoms with Crippen LogP contribution in [0.25, 0.3) is 6.08 Å². The summed E-state index contributed by atoms with van der Waals surface area (Å²) in [6.07, 6.45) is 4.62. The normalized spacial score (nSPS) is 11.0. The van der Waals surface area contributed by atoms with Crippen molar-refractivity contribution >= 4 is 33.6 Å². The lowest BCUT2D eigenvalue weighted by Gasteiger charge is -2.09. The maximum Gasteiger partial charge on any atom is 0.271 e. The summed E-state index contributed by atoms with van der Waals surface area (Å²) in [7, 11) is 0. The Morgan fingerprint density at radius 2 is 2.13 bits per heavy atom. The molecule has 0 radical (unpaired) electrons. The van der Waals surface area contributed by atoms with E-state index in [9.17, 15) is 9.59 Å². The van der Waals surface area contributed by atoms with E-state index in [1.807, 2.05) is 38.1 Å². The molecule has 6 heteroatoms. The molecule has 2 N–H and O–H groups in total. The standard InChI is InChI=1S/C17H17BrN2O3/c1-11(2)23-14-5-3-4-12(8-14)6-7-16(21)20-15-9-13(18)10-19-17(15)22/h3-11H,1-2H3,(H,19,22)(H,20,21)/b7-6+. The monoisotopic (exact) mass is 376 g/mol. The number of carbonyl (C=O) groups is 1. The molecule has 0 aliphatic heterocycles. The van der Waals surface area contributed by atoms with Gasteiger partial charge in [-0.05, 0) is 59.6 Å². The highest BCUT2D eigenvalue weighted by molar-refractivity contribution is 9.10. The number of carbonyl (C=O) groups excluding carboxylic acids is 1. The van der Waals surface area contributed by atoms with E-state index in [2.05, 4.69) is 26.2 Å². The summed E-state index contributed by atoms with van der Waals surface area (Å²) in [5.41, 5.74) is 0.662. The maximum absolute atomic E-state index is 11.9. The van der Waals surface area contributed by atoms with E-state index in [1.165, 1.54) is 12.3 Å². The maximum atomic E-state index is 11.9. The molecule has 23 heavy (non-hydrogen) atoms. The van der Waals surface area contributed by atoms with Crippen molar-refractivity contribution in [2.45, 2.75) is 20.0 Å². The fourth-order valence-corrected chi connectivity index (χ4v) is 2.20. The number of benzene rings is 1. The van der Waals surface area contributed by atoms with Crippen LogP contribution in [0.1, 0.15) is 19.4 Å². The van der Waals surface area contributed by atoms with Gasteiger partial charge in [-0.25, -0.2) is 0 Å². The van der Waals surface area contributed by atoms with Crippen molar-refractivity contribution in [3.63, 3.8) is 0 Å². The molecule has 0 aliphatic carbocycles. The predicted molar refractivity (Wildman–Crippen MR) is 94.6 cm³/mol. The molecule has 1 aromatic heterocycles. The van der Waals surface area contributed by atoms with E-state index in [0.717, 1.165) is 11.3 Å². The molecule has 0 saturated carbocycles. The Morgan fingerprint density at radius 3 is 2.87 bits per heavy atom. The molecular formula is C17H17BrN2O3. The van der Waals surface area contributed by atoms with Gasteiger partial charge in [0.25, 0.3) is 5.56 Å². The average molecular weight is 377 g/mol. The summed E-state index contributed by atoms with van der Waals surface area (Å²) in [6.45, 7) is 3.90. The van der Waals surface area contributed by atoms with E-state index in [1.54, 1.807) is 12.1 Å². The third-order valence-corrected chi connectivity index (χ3v) is 3.24. The van der Waals surface area contributed by atoms with Gasteiger partial charge in [0.15, 0.2) is 0 Å². The molecule has 0 aliphatic rings. The van der Waals surface area contributed by atoms with Gasteiger partial charge in [0, 0.05) is 16.7 Å². The SMILES string of the molecule is CC(C)Oc1cccc(/C=C/C(=O)Nc2cc(Br)c[nH]c2=O)c1. The van der Waals surface area contributed by atoms with Crippen LogP contribution in [0.4, 0.5) is 5.69 Å². The lowest BCUT2D eigenvalue weighted by molar-refractivity contribution is -0.111. The first-order chi connectivity index (χ1) is 10.9. The summed E-state index contributed by atoms with van der Waals surface area (Å²) in [5, 5.41) is 2.54. The van der Waals surface area contributed by atoms with Gasteiger partial charge in [0.2, 0.25) is 5.91 Å². The molecule has 0 saturated heterocycles. The van der Waals surface area contributed by atoms with Crippen molar-refractivity contribution in [2.75, 3.05) is 5.32 Å². The number of H-pyrrole nitrogens is 1. The van der Waals surface area contributed by atoms with Crippen LogP contribution in [0.2, 0.25) is 0 Å². The molecule has 5 nitrogen and oxygen atoms in total. The zero-order valence-corrected chi connectivity index (χ0v) is 14.4. The van der Waals surface area contributed by atoms with Crippen LogP contribution >= 0.6 is 15.9 Å².